The second kappa shape index (κ2) is 8.67. The van der Waals surface area contributed by atoms with E-state index in [4.69, 9.17) is 21.1 Å². The van der Waals surface area contributed by atoms with Crippen LogP contribution in [0.15, 0.2) is 60.7 Å². The molecule has 0 aliphatic carbocycles. The van der Waals surface area contributed by atoms with Crippen LogP contribution in [0.25, 0.3) is 0 Å². The van der Waals surface area contributed by atoms with E-state index in [0.29, 0.717) is 27.8 Å². The number of nitrogens with zero attached hydrogens (tertiary/aromatic N) is 1. The molecule has 30 heavy (non-hydrogen) atoms. The molecular formula is C24H23ClN2O3. The molecule has 0 bridgehead atoms. The fourth-order valence-electron chi connectivity index (χ4n) is 3.71. The van der Waals surface area contributed by atoms with Gasteiger partial charge < -0.3 is 19.7 Å². The first kappa shape index (κ1) is 20.1. The quantitative estimate of drug-likeness (QED) is 0.595. The molecule has 1 N–H and O–H groups in total. The molecule has 3 aromatic carbocycles. The van der Waals surface area contributed by atoms with Crippen molar-refractivity contribution in [3.8, 4) is 11.5 Å². The van der Waals surface area contributed by atoms with Crippen molar-refractivity contribution in [1.29, 1.82) is 0 Å². The minimum absolute atomic E-state index is 0.226. The van der Waals surface area contributed by atoms with E-state index in [0.717, 1.165) is 25.1 Å². The van der Waals surface area contributed by atoms with Crippen LogP contribution < -0.4 is 19.7 Å². The zero-order valence-corrected chi connectivity index (χ0v) is 17.7. The number of halogens is 1. The van der Waals surface area contributed by atoms with Gasteiger partial charge in [0.2, 0.25) is 0 Å². The molecule has 3 aromatic rings. The standard InChI is InChI=1S/C24H23ClN2O3/c1-29-22-14-20(23(30-2)13-19(22)25)26-24(28)18-9-7-16(8-10-18)15-27-12-11-17-5-3-4-6-21(17)27/h3-10,13-14H,11-12,15H2,1-2H3,(H,26,28). The fraction of sp³-hybridized carbons (Fsp3) is 0.208. The van der Waals surface area contributed by atoms with Crippen LogP contribution >= 0.6 is 11.6 Å². The van der Waals surface area contributed by atoms with Crippen molar-refractivity contribution in [3.63, 3.8) is 0 Å². The number of para-hydroxylation sites is 1. The Balaban J connectivity index is 1.46. The van der Waals surface area contributed by atoms with Crippen LogP contribution in [0.3, 0.4) is 0 Å². The van der Waals surface area contributed by atoms with Crippen LogP contribution in [0.1, 0.15) is 21.5 Å². The van der Waals surface area contributed by atoms with Crippen molar-refractivity contribution in [2.24, 2.45) is 0 Å². The molecule has 154 valence electrons. The van der Waals surface area contributed by atoms with Gasteiger partial charge in [-0.3, -0.25) is 4.79 Å². The number of fused-ring (bicyclic) bond motifs is 1. The number of amides is 1. The zero-order valence-electron chi connectivity index (χ0n) is 16.9. The summed E-state index contributed by atoms with van der Waals surface area (Å²) in [6.07, 6.45) is 1.07. The number of nitrogens with one attached hydrogen (secondary N) is 1. The molecule has 0 radical (unpaired) electrons. The Morgan fingerprint density at radius 2 is 1.77 bits per heavy atom. The fourth-order valence-corrected chi connectivity index (χ4v) is 3.94. The summed E-state index contributed by atoms with van der Waals surface area (Å²) in [5.74, 6) is 0.711. The third-order valence-corrected chi connectivity index (χ3v) is 5.59. The van der Waals surface area contributed by atoms with Gasteiger partial charge in [0.1, 0.15) is 11.5 Å². The highest BCUT2D eigenvalue weighted by Gasteiger charge is 2.18. The van der Waals surface area contributed by atoms with Gasteiger partial charge in [-0.05, 0) is 35.7 Å². The van der Waals surface area contributed by atoms with E-state index in [1.165, 1.54) is 25.5 Å². The van der Waals surface area contributed by atoms with E-state index in [2.05, 4.69) is 34.5 Å². The Morgan fingerprint density at radius 3 is 2.50 bits per heavy atom. The third-order valence-electron chi connectivity index (χ3n) is 5.30. The van der Waals surface area contributed by atoms with E-state index in [1.54, 1.807) is 12.1 Å². The maximum absolute atomic E-state index is 12.7. The maximum atomic E-state index is 12.7. The SMILES string of the molecule is COc1cc(NC(=O)c2ccc(CN3CCc4ccccc43)cc2)c(OC)cc1Cl. The highest BCUT2D eigenvalue weighted by Crippen LogP contribution is 2.36. The van der Waals surface area contributed by atoms with Crippen LogP contribution in [0.2, 0.25) is 5.02 Å². The largest absolute Gasteiger partial charge is 0.495 e. The van der Waals surface area contributed by atoms with Crippen molar-refractivity contribution in [1.82, 2.24) is 0 Å². The normalized spacial score (nSPS) is 12.4. The number of benzene rings is 3. The van der Waals surface area contributed by atoms with Crippen molar-refractivity contribution in [2.75, 3.05) is 31.0 Å². The van der Waals surface area contributed by atoms with Crippen molar-refractivity contribution in [2.45, 2.75) is 13.0 Å². The number of methoxy groups -OCH3 is 2. The molecule has 1 aliphatic heterocycles. The van der Waals surface area contributed by atoms with Crippen LogP contribution in [0.4, 0.5) is 11.4 Å². The summed E-state index contributed by atoms with van der Waals surface area (Å²) in [5, 5.41) is 3.29. The monoisotopic (exact) mass is 422 g/mol. The predicted molar refractivity (Wildman–Crippen MR) is 120 cm³/mol. The summed E-state index contributed by atoms with van der Waals surface area (Å²) in [6.45, 7) is 1.83. The highest BCUT2D eigenvalue weighted by molar-refractivity contribution is 6.32. The van der Waals surface area contributed by atoms with Crippen LogP contribution in [0, 0.1) is 0 Å². The lowest BCUT2D eigenvalue weighted by atomic mass is 10.1. The molecule has 0 saturated carbocycles. The van der Waals surface area contributed by atoms with Gasteiger partial charge in [-0.25, -0.2) is 0 Å². The molecule has 0 unspecified atom stereocenters. The second-order valence-corrected chi connectivity index (χ2v) is 7.55. The lowest BCUT2D eigenvalue weighted by molar-refractivity contribution is 0.102. The molecule has 6 heteroatoms. The van der Waals surface area contributed by atoms with Crippen molar-refractivity contribution < 1.29 is 14.3 Å². The summed E-state index contributed by atoms with van der Waals surface area (Å²) in [7, 11) is 3.05. The summed E-state index contributed by atoms with van der Waals surface area (Å²) in [6, 6.07) is 19.4. The summed E-state index contributed by atoms with van der Waals surface area (Å²) in [5.41, 5.74) is 4.91. The van der Waals surface area contributed by atoms with Crippen LogP contribution in [-0.4, -0.2) is 26.7 Å². The third kappa shape index (κ3) is 4.07. The van der Waals surface area contributed by atoms with E-state index in [-0.39, 0.29) is 5.91 Å². The average molecular weight is 423 g/mol. The first-order chi connectivity index (χ1) is 14.6. The smallest absolute Gasteiger partial charge is 0.255 e. The molecule has 5 nitrogen and oxygen atoms in total. The molecule has 0 atom stereocenters. The Morgan fingerprint density at radius 1 is 1.03 bits per heavy atom. The van der Waals surface area contributed by atoms with Gasteiger partial charge >= 0.3 is 0 Å². The average Bonchev–Trinajstić information content (AvgIpc) is 3.18. The Kier molecular flexibility index (Phi) is 5.81. The first-order valence-corrected chi connectivity index (χ1v) is 10.1. The lowest BCUT2D eigenvalue weighted by Crippen LogP contribution is -2.19. The highest BCUT2D eigenvalue weighted by atomic mass is 35.5. The van der Waals surface area contributed by atoms with Gasteiger partial charge in [0.05, 0.1) is 24.9 Å². The topological polar surface area (TPSA) is 50.8 Å². The molecule has 0 spiro atoms. The minimum atomic E-state index is -0.226. The van der Waals surface area contributed by atoms with Crippen molar-refractivity contribution in [3.05, 3.63) is 82.4 Å². The van der Waals surface area contributed by atoms with E-state index < -0.39 is 0 Å². The molecule has 1 aliphatic rings. The molecule has 4 rings (SSSR count). The van der Waals surface area contributed by atoms with Gasteiger partial charge in [-0.15, -0.1) is 0 Å². The predicted octanol–water partition coefficient (Wildman–Crippen LogP) is 5.17. The Hall–Kier alpha value is -3.18. The van der Waals surface area contributed by atoms with E-state index in [9.17, 15) is 4.79 Å². The molecule has 0 fully saturated rings. The van der Waals surface area contributed by atoms with Gasteiger partial charge in [0.25, 0.3) is 5.91 Å². The van der Waals surface area contributed by atoms with Crippen molar-refractivity contribution >= 4 is 28.9 Å². The first-order valence-electron chi connectivity index (χ1n) is 9.73. The lowest BCUT2D eigenvalue weighted by Gasteiger charge is -2.19. The van der Waals surface area contributed by atoms with E-state index in [1.807, 2.05) is 24.3 Å². The molecular weight excluding hydrogens is 400 g/mol. The molecule has 1 amide bonds. The molecule has 0 saturated heterocycles. The molecule has 1 heterocycles. The number of hydrogen-bond donors (Lipinski definition) is 1. The minimum Gasteiger partial charge on any atom is -0.495 e. The Labute approximate surface area is 181 Å². The summed E-state index contributed by atoms with van der Waals surface area (Å²) >= 11 is 6.13. The van der Waals surface area contributed by atoms with Crippen LogP contribution in [-0.2, 0) is 13.0 Å². The maximum Gasteiger partial charge on any atom is 0.255 e. The Bertz CT molecular complexity index is 1070. The number of carbonyl (C=O) groups excluding carboxylic acids is 1. The summed E-state index contributed by atoms with van der Waals surface area (Å²) in [4.78, 5) is 15.1. The zero-order chi connectivity index (χ0) is 21.1. The number of rotatable bonds is 6. The second-order valence-electron chi connectivity index (χ2n) is 7.14. The molecule has 0 aromatic heterocycles. The van der Waals surface area contributed by atoms with Gasteiger partial charge in [-0.1, -0.05) is 41.9 Å². The number of hydrogen-bond acceptors (Lipinski definition) is 4. The summed E-state index contributed by atoms with van der Waals surface area (Å²) < 4.78 is 10.6. The van der Waals surface area contributed by atoms with Gasteiger partial charge in [0, 0.05) is 36.5 Å². The van der Waals surface area contributed by atoms with Gasteiger partial charge in [-0.2, -0.15) is 0 Å². The van der Waals surface area contributed by atoms with Crippen LogP contribution in [0.5, 0.6) is 11.5 Å². The van der Waals surface area contributed by atoms with Gasteiger partial charge in [0.15, 0.2) is 0 Å². The number of ether oxygens (including phenoxy) is 2. The number of anilines is 2. The van der Waals surface area contributed by atoms with E-state index >= 15 is 0 Å². The number of carbonyl (C=O) groups is 1.